The lowest BCUT2D eigenvalue weighted by atomic mass is 10.0. The van der Waals surface area contributed by atoms with Gasteiger partial charge >= 0.3 is 13.8 Å². The maximum atomic E-state index is 12.7. The number of phosphoric acid groups is 1. The SMILES string of the molecule is CCCCC/C=C\C/C=C\CCCCCCCCCCCC(=O)OC(COCCCCCCCCCCCCCCCC/C=C\C/C=C\CCCCCCC)COP(=O)(O)OCCN. The van der Waals surface area contributed by atoms with Crippen molar-refractivity contribution < 1.29 is 32.8 Å². The summed E-state index contributed by atoms with van der Waals surface area (Å²) in [6.45, 7) is 4.92. The van der Waals surface area contributed by atoms with Crippen molar-refractivity contribution in [2.45, 2.75) is 264 Å². The maximum Gasteiger partial charge on any atom is 0.472 e. The van der Waals surface area contributed by atoms with Crippen LogP contribution in [0.3, 0.4) is 0 Å². The first-order valence-electron chi connectivity index (χ1n) is 27.1. The Labute approximate surface area is 396 Å². The summed E-state index contributed by atoms with van der Waals surface area (Å²) in [4.78, 5) is 22.6. The van der Waals surface area contributed by atoms with E-state index in [1.165, 1.54) is 193 Å². The first kappa shape index (κ1) is 62.5. The summed E-state index contributed by atoms with van der Waals surface area (Å²) in [7, 11) is -4.29. The summed E-state index contributed by atoms with van der Waals surface area (Å²) in [5, 5.41) is 0. The molecule has 64 heavy (non-hydrogen) atoms. The van der Waals surface area contributed by atoms with Gasteiger partial charge in [-0.1, -0.05) is 223 Å². The van der Waals surface area contributed by atoms with Crippen LogP contribution in [-0.4, -0.2) is 49.9 Å². The Morgan fingerprint density at radius 2 is 0.828 bits per heavy atom. The zero-order chi connectivity index (χ0) is 46.5. The van der Waals surface area contributed by atoms with Gasteiger partial charge in [0.05, 0.1) is 19.8 Å². The highest BCUT2D eigenvalue weighted by Crippen LogP contribution is 2.43. The molecular formula is C55H104NO7P. The molecule has 376 valence electrons. The lowest BCUT2D eigenvalue weighted by Crippen LogP contribution is -2.28. The van der Waals surface area contributed by atoms with Gasteiger partial charge in [-0.2, -0.15) is 0 Å². The molecule has 0 radical (unpaired) electrons. The van der Waals surface area contributed by atoms with Gasteiger partial charge in [-0.15, -0.1) is 0 Å². The summed E-state index contributed by atoms with van der Waals surface area (Å²) in [5.74, 6) is -0.332. The molecule has 0 saturated heterocycles. The summed E-state index contributed by atoms with van der Waals surface area (Å²) < 4.78 is 33.6. The summed E-state index contributed by atoms with van der Waals surface area (Å²) in [5.41, 5.74) is 5.39. The molecule has 0 saturated carbocycles. The van der Waals surface area contributed by atoms with Crippen LogP contribution in [0.15, 0.2) is 48.6 Å². The van der Waals surface area contributed by atoms with Crippen molar-refractivity contribution in [3.63, 3.8) is 0 Å². The predicted octanol–water partition coefficient (Wildman–Crippen LogP) is 17.1. The van der Waals surface area contributed by atoms with Crippen LogP contribution in [-0.2, 0) is 27.9 Å². The van der Waals surface area contributed by atoms with E-state index in [4.69, 9.17) is 24.3 Å². The molecule has 8 nitrogen and oxygen atoms in total. The van der Waals surface area contributed by atoms with Gasteiger partial charge in [-0.25, -0.2) is 4.57 Å². The fraction of sp³-hybridized carbons (Fsp3) is 0.836. The van der Waals surface area contributed by atoms with Crippen LogP contribution in [0.25, 0.3) is 0 Å². The van der Waals surface area contributed by atoms with Crippen molar-refractivity contribution in [3.05, 3.63) is 48.6 Å². The molecule has 0 amide bonds. The largest absolute Gasteiger partial charge is 0.472 e. The zero-order valence-corrected chi connectivity index (χ0v) is 42.9. The molecule has 0 aliphatic carbocycles. The monoisotopic (exact) mass is 922 g/mol. The van der Waals surface area contributed by atoms with Gasteiger partial charge < -0.3 is 20.1 Å². The molecular weight excluding hydrogens is 818 g/mol. The maximum absolute atomic E-state index is 12.7. The van der Waals surface area contributed by atoms with Crippen LogP contribution in [0.1, 0.15) is 258 Å². The minimum Gasteiger partial charge on any atom is -0.457 e. The Morgan fingerprint density at radius 1 is 0.469 bits per heavy atom. The third-order valence-electron chi connectivity index (χ3n) is 11.7. The zero-order valence-electron chi connectivity index (χ0n) is 42.0. The summed E-state index contributed by atoms with van der Waals surface area (Å²) >= 11 is 0. The van der Waals surface area contributed by atoms with E-state index in [1.807, 2.05) is 0 Å². The van der Waals surface area contributed by atoms with Gasteiger partial charge in [-0.3, -0.25) is 13.8 Å². The summed E-state index contributed by atoms with van der Waals surface area (Å²) in [6, 6.07) is 0. The highest BCUT2D eigenvalue weighted by atomic mass is 31.2. The number of ether oxygens (including phenoxy) is 2. The Bertz CT molecular complexity index is 1130. The number of phosphoric ester groups is 1. The first-order valence-corrected chi connectivity index (χ1v) is 28.6. The van der Waals surface area contributed by atoms with Crippen LogP contribution in [0, 0.1) is 0 Å². The second kappa shape index (κ2) is 52.4. The highest BCUT2D eigenvalue weighted by Gasteiger charge is 2.25. The van der Waals surface area contributed by atoms with Crippen molar-refractivity contribution in [3.8, 4) is 0 Å². The Morgan fingerprint density at radius 3 is 1.25 bits per heavy atom. The Kier molecular flexibility index (Phi) is 51.2. The fourth-order valence-corrected chi connectivity index (χ4v) is 8.47. The van der Waals surface area contributed by atoms with Gasteiger partial charge in [0.15, 0.2) is 0 Å². The summed E-state index contributed by atoms with van der Waals surface area (Å²) in [6.07, 6.45) is 64.4. The van der Waals surface area contributed by atoms with E-state index in [1.54, 1.807) is 0 Å². The van der Waals surface area contributed by atoms with E-state index in [0.29, 0.717) is 13.0 Å². The number of carbonyl (C=O) groups is 1. The average Bonchev–Trinajstić information content (AvgIpc) is 3.29. The predicted molar refractivity (Wildman–Crippen MR) is 275 cm³/mol. The van der Waals surface area contributed by atoms with Crippen molar-refractivity contribution >= 4 is 13.8 Å². The van der Waals surface area contributed by atoms with E-state index in [2.05, 4.69) is 62.5 Å². The van der Waals surface area contributed by atoms with E-state index in [-0.39, 0.29) is 32.3 Å². The van der Waals surface area contributed by atoms with E-state index >= 15 is 0 Å². The Hall–Kier alpha value is -1.54. The van der Waals surface area contributed by atoms with E-state index in [9.17, 15) is 14.3 Å². The van der Waals surface area contributed by atoms with Gasteiger partial charge in [0.1, 0.15) is 6.10 Å². The van der Waals surface area contributed by atoms with Crippen LogP contribution in [0.2, 0.25) is 0 Å². The molecule has 0 aromatic rings. The van der Waals surface area contributed by atoms with Gasteiger partial charge in [0, 0.05) is 19.6 Å². The lowest BCUT2D eigenvalue weighted by molar-refractivity contribution is -0.154. The smallest absolute Gasteiger partial charge is 0.457 e. The minimum atomic E-state index is -4.29. The third-order valence-corrected chi connectivity index (χ3v) is 12.7. The lowest BCUT2D eigenvalue weighted by Gasteiger charge is -2.20. The molecule has 9 heteroatoms. The van der Waals surface area contributed by atoms with Crippen LogP contribution >= 0.6 is 7.82 Å². The van der Waals surface area contributed by atoms with Crippen molar-refractivity contribution in [1.82, 2.24) is 0 Å². The molecule has 3 N–H and O–H groups in total. The van der Waals surface area contributed by atoms with Gasteiger partial charge in [-0.05, 0) is 77.0 Å². The molecule has 0 aromatic heterocycles. The van der Waals surface area contributed by atoms with E-state index in [0.717, 1.165) is 44.9 Å². The Balaban J connectivity index is 3.89. The molecule has 2 atom stereocenters. The molecule has 2 unspecified atom stereocenters. The molecule has 0 heterocycles. The standard InChI is InChI=1S/C55H104NO7P/c1-3-5-7-9-11-13-15-17-19-21-23-24-25-26-27-28-29-31-33-35-37-39-41-43-45-47-50-60-52-54(53-62-64(58,59)61-51-49-56)63-55(57)48-46-44-42-40-38-36-34-32-30-22-20-18-16-14-12-10-8-6-4-2/h12,14-15,17-18,20-21,23,54H,3-11,13,16,19,22,24-53,56H2,1-2H3,(H,58,59)/b14-12-,17-15-,20-18-,23-21-. The molecule has 0 rings (SSSR count). The normalized spacial score (nSPS) is 13.6. The average molecular weight is 922 g/mol. The number of unbranched alkanes of at least 4 members (excludes halogenated alkanes) is 31. The number of rotatable bonds is 52. The minimum absolute atomic E-state index is 0.0965. The number of esters is 1. The van der Waals surface area contributed by atoms with Crippen LogP contribution in [0.5, 0.6) is 0 Å². The third kappa shape index (κ3) is 51.4. The highest BCUT2D eigenvalue weighted by molar-refractivity contribution is 7.47. The quantitative estimate of drug-likeness (QED) is 0.0268. The second-order valence-electron chi connectivity index (χ2n) is 18.1. The van der Waals surface area contributed by atoms with Gasteiger partial charge in [0.2, 0.25) is 0 Å². The van der Waals surface area contributed by atoms with Crippen molar-refractivity contribution in [2.24, 2.45) is 5.73 Å². The molecule has 0 bridgehead atoms. The first-order chi connectivity index (χ1) is 31.4. The number of allylic oxidation sites excluding steroid dienone is 8. The number of nitrogens with two attached hydrogens (primary N) is 1. The van der Waals surface area contributed by atoms with Crippen LogP contribution in [0.4, 0.5) is 0 Å². The molecule has 0 aliphatic heterocycles. The van der Waals surface area contributed by atoms with E-state index < -0.39 is 13.9 Å². The molecule has 0 aromatic carbocycles. The second-order valence-corrected chi connectivity index (χ2v) is 19.5. The molecule has 0 spiro atoms. The van der Waals surface area contributed by atoms with Crippen molar-refractivity contribution in [1.29, 1.82) is 0 Å². The number of hydrogen-bond acceptors (Lipinski definition) is 7. The van der Waals surface area contributed by atoms with Crippen LogP contribution < -0.4 is 5.73 Å². The number of carbonyl (C=O) groups excluding carboxylic acids is 1. The fourth-order valence-electron chi connectivity index (χ4n) is 7.71. The number of hydrogen-bond donors (Lipinski definition) is 2. The molecule has 0 fully saturated rings. The van der Waals surface area contributed by atoms with Gasteiger partial charge in [0.25, 0.3) is 0 Å². The molecule has 0 aliphatic rings. The topological polar surface area (TPSA) is 117 Å². The van der Waals surface area contributed by atoms with Crippen molar-refractivity contribution in [2.75, 3.05) is 33.0 Å².